The molecule has 0 saturated heterocycles. The summed E-state index contributed by atoms with van der Waals surface area (Å²) in [6.45, 7) is 3.40. The van der Waals surface area contributed by atoms with Crippen LogP contribution in [0.25, 0.3) is 34.5 Å². The number of halogens is 1. The van der Waals surface area contributed by atoms with Gasteiger partial charge in [0.05, 0.1) is 24.4 Å². The van der Waals surface area contributed by atoms with Crippen molar-refractivity contribution in [2.24, 2.45) is 0 Å². The number of benzene rings is 3. The summed E-state index contributed by atoms with van der Waals surface area (Å²) in [5.41, 5.74) is 5.13. The third-order valence-electron chi connectivity index (χ3n) is 5.84. The summed E-state index contributed by atoms with van der Waals surface area (Å²) in [5, 5.41) is 0.697. The first-order valence-electron chi connectivity index (χ1n) is 12.0. The molecule has 0 unspecified atom stereocenters. The third-order valence-corrected chi connectivity index (χ3v) is 6.17. The van der Waals surface area contributed by atoms with Crippen molar-refractivity contribution in [1.82, 2.24) is 9.55 Å². The van der Waals surface area contributed by atoms with Crippen molar-refractivity contribution in [2.45, 2.75) is 26.3 Å². The second kappa shape index (κ2) is 12.2. The number of aryl methyl sites for hydroxylation is 1. The van der Waals surface area contributed by atoms with Crippen LogP contribution in [0, 0.1) is 0 Å². The average Bonchev–Trinajstić information content (AvgIpc) is 3.33. The van der Waals surface area contributed by atoms with E-state index >= 15 is 0 Å². The van der Waals surface area contributed by atoms with Crippen LogP contribution < -0.4 is 4.74 Å². The van der Waals surface area contributed by atoms with Crippen molar-refractivity contribution in [3.63, 3.8) is 0 Å². The van der Waals surface area contributed by atoms with Crippen LogP contribution in [0.2, 0.25) is 5.02 Å². The van der Waals surface area contributed by atoms with E-state index in [9.17, 15) is 4.79 Å². The molecule has 0 N–H and O–H groups in total. The van der Waals surface area contributed by atoms with E-state index in [0.29, 0.717) is 24.5 Å². The monoisotopic (exact) mass is 500 g/mol. The van der Waals surface area contributed by atoms with E-state index in [0.717, 1.165) is 46.1 Å². The average molecular weight is 501 g/mol. The third kappa shape index (κ3) is 6.43. The van der Waals surface area contributed by atoms with Gasteiger partial charge in [-0.25, -0.2) is 4.98 Å². The first-order valence-corrected chi connectivity index (χ1v) is 12.4. The molecule has 0 fully saturated rings. The number of esters is 1. The molecule has 0 spiro atoms. The van der Waals surface area contributed by atoms with Crippen molar-refractivity contribution >= 4 is 29.7 Å². The predicted molar refractivity (Wildman–Crippen MR) is 146 cm³/mol. The zero-order valence-electron chi connectivity index (χ0n) is 20.5. The Morgan fingerprint density at radius 2 is 1.67 bits per heavy atom. The molecule has 5 nitrogen and oxygen atoms in total. The summed E-state index contributed by atoms with van der Waals surface area (Å²) >= 11 is 6.36. The van der Waals surface area contributed by atoms with Gasteiger partial charge in [0.25, 0.3) is 0 Å². The van der Waals surface area contributed by atoms with Crippen LogP contribution in [-0.2, 0) is 16.1 Å². The first-order chi connectivity index (χ1) is 17.6. The number of hydrogen-bond acceptors (Lipinski definition) is 4. The fourth-order valence-electron chi connectivity index (χ4n) is 3.82. The molecule has 0 bridgehead atoms. The molecule has 0 aliphatic carbocycles. The maximum atomic E-state index is 11.2. The highest BCUT2D eigenvalue weighted by Gasteiger charge is 2.09. The number of imidazole rings is 1. The van der Waals surface area contributed by atoms with Gasteiger partial charge in [0, 0.05) is 24.7 Å². The zero-order chi connectivity index (χ0) is 25.3. The number of ether oxygens (including phenoxy) is 2. The Hall–Kier alpha value is -3.83. The molecule has 36 heavy (non-hydrogen) atoms. The fourth-order valence-corrected chi connectivity index (χ4v) is 4.06. The second-order valence-corrected chi connectivity index (χ2v) is 8.67. The van der Waals surface area contributed by atoms with Gasteiger partial charge in [0.1, 0.15) is 11.6 Å². The van der Waals surface area contributed by atoms with Crippen LogP contribution in [0.1, 0.15) is 31.2 Å². The maximum absolute atomic E-state index is 11.2. The lowest BCUT2D eigenvalue weighted by atomic mass is 10.0. The Kier molecular flexibility index (Phi) is 8.58. The number of rotatable bonds is 10. The zero-order valence-corrected chi connectivity index (χ0v) is 21.2. The van der Waals surface area contributed by atoms with Crippen molar-refractivity contribution < 1.29 is 14.3 Å². The molecule has 1 heterocycles. The molecule has 0 amide bonds. The highest BCUT2D eigenvalue weighted by atomic mass is 35.5. The van der Waals surface area contributed by atoms with Gasteiger partial charge in [0.15, 0.2) is 0 Å². The van der Waals surface area contributed by atoms with Crippen LogP contribution >= 0.6 is 11.6 Å². The Labute approximate surface area is 217 Å². The van der Waals surface area contributed by atoms with E-state index in [1.165, 1.54) is 7.11 Å². The Morgan fingerprint density at radius 1 is 0.972 bits per heavy atom. The minimum Gasteiger partial charge on any atom is -0.494 e. The van der Waals surface area contributed by atoms with Crippen molar-refractivity contribution in [3.8, 4) is 28.1 Å². The summed E-state index contributed by atoms with van der Waals surface area (Å²) in [6.07, 6.45) is 7.13. The SMILES string of the molecule is CCn1cc(-c2ccccc2Cl)nc1/C=C/c1ccc(-c2ccc(OCCCC(=O)OC)cc2)cc1. The smallest absolute Gasteiger partial charge is 0.305 e. The summed E-state index contributed by atoms with van der Waals surface area (Å²) < 4.78 is 12.5. The molecule has 6 heteroatoms. The molecule has 3 aromatic carbocycles. The van der Waals surface area contributed by atoms with Crippen LogP contribution in [0.5, 0.6) is 5.75 Å². The molecule has 0 radical (unpaired) electrons. The lowest BCUT2D eigenvalue weighted by Crippen LogP contribution is -2.04. The molecule has 1 aromatic heterocycles. The van der Waals surface area contributed by atoms with E-state index in [1.54, 1.807) is 0 Å². The van der Waals surface area contributed by atoms with Crippen LogP contribution in [-0.4, -0.2) is 29.2 Å². The summed E-state index contributed by atoms with van der Waals surface area (Å²) in [6, 6.07) is 24.1. The van der Waals surface area contributed by atoms with Gasteiger partial charge in [-0.15, -0.1) is 0 Å². The highest BCUT2D eigenvalue weighted by molar-refractivity contribution is 6.33. The van der Waals surface area contributed by atoms with Crippen molar-refractivity contribution in [3.05, 3.63) is 95.4 Å². The van der Waals surface area contributed by atoms with Gasteiger partial charge in [0.2, 0.25) is 0 Å². The molecule has 0 aliphatic heterocycles. The van der Waals surface area contributed by atoms with Crippen LogP contribution in [0.3, 0.4) is 0 Å². The molecule has 4 rings (SSSR count). The van der Waals surface area contributed by atoms with E-state index in [-0.39, 0.29) is 5.97 Å². The summed E-state index contributed by atoms with van der Waals surface area (Å²) in [7, 11) is 1.39. The molecule has 0 atom stereocenters. The topological polar surface area (TPSA) is 53.4 Å². The van der Waals surface area contributed by atoms with E-state index in [4.69, 9.17) is 21.3 Å². The minimum atomic E-state index is -0.218. The summed E-state index contributed by atoms with van der Waals surface area (Å²) in [4.78, 5) is 16.0. The molecular formula is C30H29ClN2O3. The number of nitrogens with zero attached hydrogens (tertiary/aromatic N) is 2. The van der Waals surface area contributed by atoms with Gasteiger partial charge < -0.3 is 14.0 Å². The molecule has 4 aromatic rings. The van der Waals surface area contributed by atoms with Crippen molar-refractivity contribution in [2.75, 3.05) is 13.7 Å². The van der Waals surface area contributed by atoms with E-state index < -0.39 is 0 Å². The summed E-state index contributed by atoms with van der Waals surface area (Å²) in [5.74, 6) is 1.45. The highest BCUT2D eigenvalue weighted by Crippen LogP contribution is 2.28. The number of methoxy groups -OCH3 is 1. The largest absolute Gasteiger partial charge is 0.494 e. The van der Waals surface area contributed by atoms with Crippen molar-refractivity contribution in [1.29, 1.82) is 0 Å². The number of hydrogen-bond donors (Lipinski definition) is 0. The van der Waals surface area contributed by atoms with Gasteiger partial charge in [-0.1, -0.05) is 72.3 Å². The maximum Gasteiger partial charge on any atom is 0.305 e. The quantitative estimate of drug-likeness (QED) is 0.168. The molecule has 0 saturated carbocycles. The minimum absolute atomic E-state index is 0.218. The lowest BCUT2D eigenvalue weighted by molar-refractivity contribution is -0.140. The van der Waals surface area contributed by atoms with Gasteiger partial charge in [-0.05, 0) is 54.3 Å². The standard InChI is InChI=1S/C30H29ClN2O3/c1-3-33-21-28(26-7-4-5-8-27(26)31)32-29(33)19-12-22-10-13-23(14-11-22)24-15-17-25(18-16-24)36-20-6-9-30(34)35-2/h4-5,7-8,10-19,21H,3,6,9,20H2,1-2H3/b19-12+. The molecule has 184 valence electrons. The number of carbonyl (C=O) groups excluding carboxylic acids is 1. The van der Waals surface area contributed by atoms with Gasteiger partial charge in [-0.3, -0.25) is 4.79 Å². The number of carbonyl (C=O) groups is 1. The Bertz CT molecular complexity index is 1330. The van der Waals surface area contributed by atoms with Crippen LogP contribution in [0.15, 0.2) is 79.0 Å². The predicted octanol–water partition coefficient (Wildman–Crippen LogP) is 7.39. The number of aromatic nitrogens is 2. The Balaban J connectivity index is 1.39. The first kappa shape index (κ1) is 25.3. The van der Waals surface area contributed by atoms with E-state index in [1.807, 2.05) is 60.8 Å². The lowest BCUT2D eigenvalue weighted by Gasteiger charge is -2.07. The fraction of sp³-hybridized carbons (Fsp3) is 0.200. The van der Waals surface area contributed by atoms with E-state index in [2.05, 4.69) is 46.6 Å². The van der Waals surface area contributed by atoms with Crippen LogP contribution in [0.4, 0.5) is 0 Å². The van der Waals surface area contributed by atoms with Gasteiger partial charge >= 0.3 is 5.97 Å². The van der Waals surface area contributed by atoms with Gasteiger partial charge in [-0.2, -0.15) is 0 Å². The molecule has 0 aliphatic rings. The molecular weight excluding hydrogens is 472 g/mol. The second-order valence-electron chi connectivity index (χ2n) is 8.26. The Morgan fingerprint density at radius 3 is 2.33 bits per heavy atom. The normalized spacial score (nSPS) is 11.1.